The molecular formula is C38H73O13P2-3. The smallest absolute Gasteiger partial charge is 0.306 e. The van der Waals surface area contributed by atoms with Gasteiger partial charge >= 0.3 is 11.9 Å². The lowest BCUT2D eigenvalue weighted by molar-refractivity contribution is -0.342. The van der Waals surface area contributed by atoms with E-state index in [1.807, 2.05) is 0 Å². The highest BCUT2D eigenvalue weighted by Gasteiger charge is 2.22. The minimum atomic E-state index is -5.37. The third-order valence-corrected chi connectivity index (χ3v) is 10.4. The molecule has 3 atom stereocenters. The number of aliphatic hydroxyl groups excluding tert-OH is 1. The Morgan fingerprint density at radius 3 is 1.23 bits per heavy atom. The van der Waals surface area contributed by atoms with E-state index in [0.29, 0.717) is 12.8 Å². The van der Waals surface area contributed by atoms with Crippen molar-refractivity contribution in [2.45, 2.75) is 206 Å². The van der Waals surface area contributed by atoms with Crippen LogP contribution in [0.25, 0.3) is 0 Å². The fraction of sp³-hybridized carbons (Fsp3) is 0.947. The van der Waals surface area contributed by atoms with E-state index in [0.717, 1.165) is 38.5 Å². The van der Waals surface area contributed by atoms with Crippen LogP contribution in [-0.2, 0) is 41.8 Å². The molecule has 1 unspecified atom stereocenters. The summed E-state index contributed by atoms with van der Waals surface area (Å²) >= 11 is 0. The number of phosphoric acid groups is 2. The van der Waals surface area contributed by atoms with E-state index >= 15 is 0 Å². The number of esters is 2. The zero-order valence-electron chi connectivity index (χ0n) is 33.0. The van der Waals surface area contributed by atoms with Crippen molar-refractivity contribution in [2.24, 2.45) is 0 Å². The lowest BCUT2D eigenvalue weighted by Gasteiger charge is -2.30. The van der Waals surface area contributed by atoms with Crippen molar-refractivity contribution in [3.05, 3.63) is 0 Å². The zero-order chi connectivity index (χ0) is 39.5. The Bertz CT molecular complexity index is 962. The van der Waals surface area contributed by atoms with Crippen molar-refractivity contribution in [3.63, 3.8) is 0 Å². The lowest BCUT2D eigenvalue weighted by atomic mass is 10.0. The van der Waals surface area contributed by atoms with Gasteiger partial charge < -0.3 is 47.4 Å². The predicted octanol–water partition coefficient (Wildman–Crippen LogP) is 8.11. The number of hydrogen-bond acceptors (Lipinski definition) is 13. The maximum Gasteiger partial charge on any atom is 0.306 e. The number of carbonyl (C=O) groups excluding carboxylic acids is 2. The molecule has 13 nitrogen and oxygen atoms in total. The molecule has 0 aromatic carbocycles. The quantitative estimate of drug-likeness (QED) is 0.0354. The molecule has 0 aliphatic carbocycles. The first-order chi connectivity index (χ1) is 25.4. The highest BCUT2D eigenvalue weighted by molar-refractivity contribution is 7.45. The van der Waals surface area contributed by atoms with Crippen LogP contribution in [0.15, 0.2) is 0 Å². The van der Waals surface area contributed by atoms with E-state index in [1.54, 1.807) is 0 Å². The maximum atomic E-state index is 12.6. The van der Waals surface area contributed by atoms with Crippen molar-refractivity contribution in [1.82, 2.24) is 0 Å². The highest BCUT2D eigenvalue weighted by Crippen LogP contribution is 2.38. The average Bonchev–Trinajstić information content (AvgIpc) is 3.11. The predicted molar refractivity (Wildman–Crippen MR) is 201 cm³/mol. The van der Waals surface area contributed by atoms with E-state index in [1.165, 1.54) is 116 Å². The molecule has 0 heterocycles. The Morgan fingerprint density at radius 2 is 0.830 bits per heavy atom. The molecule has 0 saturated carbocycles. The summed E-state index contributed by atoms with van der Waals surface area (Å²) in [5.74, 6) is -1.08. The van der Waals surface area contributed by atoms with Crippen molar-refractivity contribution in [3.8, 4) is 0 Å². The van der Waals surface area contributed by atoms with Crippen LogP contribution in [0, 0.1) is 0 Å². The summed E-state index contributed by atoms with van der Waals surface area (Å²) in [4.78, 5) is 58.3. The van der Waals surface area contributed by atoms with E-state index < -0.39 is 66.2 Å². The molecule has 0 aromatic rings. The number of ether oxygens (including phenoxy) is 2. The van der Waals surface area contributed by atoms with E-state index in [2.05, 4.69) is 22.9 Å². The topological polar surface area (TPSA) is 204 Å². The molecule has 0 aliphatic heterocycles. The fourth-order valence-corrected chi connectivity index (χ4v) is 6.94. The van der Waals surface area contributed by atoms with E-state index in [9.17, 15) is 38.5 Å². The van der Waals surface area contributed by atoms with Crippen LogP contribution < -0.4 is 14.7 Å². The van der Waals surface area contributed by atoms with Gasteiger partial charge in [0, 0.05) is 12.8 Å². The van der Waals surface area contributed by atoms with Gasteiger partial charge in [0.15, 0.2) is 6.10 Å². The minimum Gasteiger partial charge on any atom is -0.790 e. The molecule has 0 rings (SSSR count). The van der Waals surface area contributed by atoms with Crippen LogP contribution in [0.5, 0.6) is 0 Å². The number of unbranched alkanes of at least 4 members (excludes halogenated alkanes) is 24. The second kappa shape index (κ2) is 35.5. The number of carbonyl (C=O) groups is 2. The van der Waals surface area contributed by atoms with Gasteiger partial charge in [-0.05, 0) is 12.8 Å². The van der Waals surface area contributed by atoms with Gasteiger partial charge in [0.2, 0.25) is 0 Å². The third-order valence-electron chi connectivity index (χ3n) is 8.97. The highest BCUT2D eigenvalue weighted by atomic mass is 31.2. The normalized spacial score (nSPS) is 14.2. The summed E-state index contributed by atoms with van der Waals surface area (Å²) in [5, 5.41) is 9.64. The third kappa shape index (κ3) is 39.2. The van der Waals surface area contributed by atoms with Gasteiger partial charge in [0.1, 0.15) is 12.7 Å². The Balaban J connectivity index is 4.51. The maximum absolute atomic E-state index is 12.6. The Kier molecular flexibility index (Phi) is 34.9. The summed E-state index contributed by atoms with van der Waals surface area (Å²) in [6.07, 6.45) is 27.6. The van der Waals surface area contributed by atoms with Crippen molar-refractivity contribution in [2.75, 3.05) is 26.4 Å². The summed E-state index contributed by atoms with van der Waals surface area (Å²) in [7, 11) is -10.4. The van der Waals surface area contributed by atoms with Crippen LogP contribution >= 0.6 is 15.6 Å². The summed E-state index contributed by atoms with van der Waals surface area (Å²) in [6.45, 7) is 1.38. The molecule has 316 valence electrons. The Morgan fingerprint density at radius 1 is 0.491 bits per heavy atom. The number of phosphoric ester groups is 2. The summed E-state index contributed by atoms with van der Waals surface area (Å²) in [6, 6.07) is 0. The molecule has 0 aliphatic rings. The number of aliphatic hydroxyl groups is 1. The molecular weight excluding hydrogens is 726 g/mol. The summed E-state index contributed by atoms with van der Waals surface area (Å²) < 4.78 is 46.7. The molecule has 0 amide bonds. The van der Waals surface area contributed by atoms with Crippen LogP contribution in [0.4, 0.5) is 0 Å². The van der Waals surface area contributed by atoms with Crippen molar-refractivity contribution < 1.29 is 61.6 Å². The van der Waals surface area contributed by atoms with Gasteiger partial charge in [0.05, 0.1) is 27.6 Å². The van der Waals surface area contributed by atoms with Crippen molar-refractivity contribution in [1.29, 1.82) is 0 Å². The second-order valence-corrected chi connectivity index (χ2v) is 16.8. The number of hydrogen-bond donors (Lipinski definition) is 1. The largest absolute Gasteiger partial charge is 0.790 e. The first-order valence-electron chi connectivity index (χ1n) is 20.7. The average molecular weight is 800 g/mol. The molecule has 0 aromatic heterocycles. The van der Waals surface area contributed by atoms with E-state index in [-0.39, 0.29) is 12.8 Å². The Labute approximate surface area is 320 Å². The first-order valence-corrected chi connectivity index (χ1v) is 23.6. The molecule has 0 spiro atoms. The van der Waals surface area contributed by atoms with Crippen LogP contribution in [0.3, 0.4) is 0 Å². The van der Waals surface area contributed by atoms with Crippen LogP contribution in [0.2, 0.25) is 0 Å². The number of rotatable bonds is 40. The molecule has 53 heavy (non-hydrogen) atoms. The van der Waals surface area contributed by atoms with E-state index in [4.69, 9.17) is 14.0 Å². The van der Waals surface area contributed by atoms with Gasteiger partial charge in [-0.2, -0.15) is 0 Å². The van der Waals surface area contributed by atoms with Gasteiger partial charge in [-0.25, -0.2) is 0 Å². The van der Waals surface area contributed by atoms with Crippen LogP contribution in [0.1, 0.15) is 194 Å². The molecule has 15 heteroatoms. The van der Waals surface area contributed by atoms with Crippen LogP contribution in [-0.4, -0.2) is 55.7 Å². The second-order valence-electron chi connectivity index (χ2n) is 14.2. The summed E-state index contributed by atoms with van der Waals surface area (Å²) in [5.41, 5.74) is 0. The minimum absolute atomic E-state index is 0.113. The van der Waals surface area contributed by atoms with Gasteiger partial charge in [-0.3, -0.25) is 14.2 Å². The fourth-order valence-electron chi connectivity index (χ4n) is 5.81. The lowest BCUT2D eigenvalue weighted by Crippen LogP contribution is -2.31. The first kappa shape index (κ1) is 52.1. The zero-order valence-corrected chi connectivity index (χ0v) is 34.8. The standard InChI is InChI=1S/C38H76O13P2/c1-3-5-7-9-11-13-15-17-19-21-23-25-27-29-37(40)47-33-36(34-50-53(45,46)49-32-35(39)31-48-52(42,43)44)51-38(41)30-28-26-24-22-20-18-16-14-12-10-8-6-4-2/h35-36,39H,3-34H2,1-2H3,(H,45,46)(H2,42,43,44)/p-3/t35-,36+/m0/s1. The SMILES string of the molecule is CCCCCCCCCCCCCCCC(=O)OC[C@H](COP(=O)([O-])OC[C@@H](O)COP(=O)([O-])[O-])OC(=O)CCCCCCCCCCCCCCC. The molecule has 0 saturated heterocycles. The molecule has 0 radical (unpaired) electrons. The van der Waals surface area contributed by atoms with Gasteiger partial charge in [-0.15, -0.1) is 0 Å². The monoisotopic (exact) mass is 799 g/mol. The van der Waals surface area contributed by atoms with Gasteiger partial charge in [0.25, 0.3) is 7.82 Å². The van der Waals surface area contributed by atoms with Crippen molar-refractivity contribution >= 4 is 27.6 Å². The Hall–Kier alpha value is -0.880. The molecule has 0 fully saturated rings. The molecule has 1 N–H and O–H groups in total. The van der Waals surface area contributed by atoms with Gasteiger partial charge in [-0.1, -0.05) is 168 Å². The molecule has 0 bridgehead atoms.